The summed E-state index contributed by atoms with van der Waals surface area (Å²) in [6, 6.07) is 18.8. The van der Waals surface area contributed by atoms with Crippen LogP contribution in [-0.2, 0) is 25.9 Å². The molecule has 2 aliphatic rings. The first kappa shape index (κ1) is 27.8. The molecule has 0 radical (unpaired) electrons. The average molecular weight is 526 g/mol. The highest BCUT2D eigenvalue weighted by atomic mass is 32.2. The zero-order valence-electron chi connectivity index (χ0n) is 23.0. The number of esters is 1. The maximum Gasteiger partial charge on any atom is 0.307 e. The summed E-state index contributed by atoms with van der Waals surface area (Å²) in [6.07, 6.45) is 3.22. The van der Waals surface area contributed by atoms with Gasteiger partial charge in [-0.3, -0.25) is 4.79 Å². The largest absolute Gasteiger partial charge is 0.462 e. The first-order valence-electron chi connectivity index (χ1n) is 13.6. The summed E-state index contributed by atoms with van der Waals surface area (Å²) >= 11 is 0. The maximum atomic E-state index is 13.5. The number of rotatable bonds is 10. The fourth-order valence-electron chi connectivity index (χ4n) is 6.78. The van der Waals surface area contributed by atoms with Gasteiger partial charge in [0.15, 0.2) is 9.84 Å². The molecule has 2 saturated carbocycles. The zero-order chi connectivity index (χ0) is 26.9. The Labute approximate surface area is 223 Å². The second kappa shape index (κ2) is 10.5. The molecule has 2 aliphatic carbocycles. The Bertz CT molecular complexity index is 1170. The lowest BCUT2D eigenvalue weighted by molar-refractivity contribution is -0.157. The van der Waals surface area contributed by atoms with Gasteiger partial charge in [-0.25, -0.2) is 8.42 Å². The van der Waals surface area contributed by atoms with Crippen molar-refractivity contribution in [1.29, 1.82) is 0 Å². The van der Waals surface area contributed by atoms with E-state index in [4.69, 9.17) is 4.74 Å². The van der Waals surface area contributed by atoms with Crippen molar-refractivity contribution in [2.24, 2.45) is 22.2 Å². The number of ether oxygens (including phenoxy) is 1. The van der Waals surface area contributed by atoms with Crippen molar-refractivity contribution in [3.63, 3.8) is 0 Å². The summed E-state index contributed by atoms with van der Waals surface area (Å²) in [5.74, 6) is 0.140. The molecule has 0 unspecified atom stereocenters. The molecule has 0 amide bonds. The Hall–Kier alpha value is -2.18. The topological polar surface area (TPSA) is 72.5 Å². The van der Waals surface area contributed by atoms with Gasteiger partial charge in [-0.1, -0.05) is 83.1 Å². The van der Waals surface area contributed by atoms with Gasteiger partial charge in [0.2, 0.25) is 0 Å². The van der Waals surface area contributed by atoms with Crippen LogP contribution >= 0.6 is 0 Å². The minimum Gasteiger partial charge on any atom is -0.462 e. The number of fused-ring (bicyclic) bond motifs is 2. The molecule has 5 nitrogen and oxygen atoms in total. The van der Waals surface area contributed by atoms with Gasteiger partial charge in [0.05, 0.1) is 17.1 Å². The van der Waals surface area contributed by atoms with E-state index < -0.39 is 15.3 Å². The molecule has 0 spiro atoms. The molecular formula is C31H43NO4S. The number of carbonyl (C=O) groups excluding carboxylic acids is 1. The van der Waals surface area contributed by atoms with E-state index in [9.17, 15) is 13.2 Å². The highest BCUT2D eigenvalue weighted by molar-refractivity contribution is 7.91. The number of sulfone groups is 1. The van der Waals surface area contributed by atoms with Gasteiger partial charge in [0, 0.05) is 18.0 Å². The first-order chi connectivity index (χ1) is 17.3. The average Bonchev–Trinajstić information content (AvgIpc) is 3.17. The molecule has 4 rings (SSSR count). The molecule has 2 bridgehead atoms. The van der Waals surface area contributed by atoms with Crippen molar-refractivity contribution in [3.05, 3.63) is 66.2 Å². The second-order valence-corrected chi connectivity index (χ2v) is 14.9. The smallest absolute Gasteiger partial charge is 0.307 e. The summed E-state index contributed by atoms with van der Waals surface area (Å²) in [4.78, 5) is 13.7. The molecule has 0 saturated heterocycles. The van der Waals surface area contributed by atoms with E-state index in [-0.39, 0.29) is 41.1 Å². The lowest BCUT2D eigenvalue weighted by Gasteiger charge is -2.41. The van der Waals surface area contributed by atoms with Crippen molar-refractivity contribution in [1.82, 2.24) is 5.32 Å². The van der Waals surface area contributed by atoms with Crippen LogP contribution in [0.3, 0.4) is 0 Å². The summed E-state index contributed by atoms with van der Waals surface area (Å²) in [5, 5.41) is 3.57. The molecule has 0 heterocycles. The SMILES string of the molecule is CC(C)(C)C[C@@H](CC(=O)O[C@H]1C[C@@H]2CC[C@@]1(CS(=O)(=O)c1ccccc1)C2(C)C)NCc1ccccc1. The Morgan fingerprint density at radius 2 is 1.68 bits per heavy atom. The number of hydrogen-bond acceptors (Lipinski definition) is 5. The van der Waals surface area contributed by atoms with Crippen LogP contribution in [0.25, 0.3) is 0 Å². The molecule has 2 aromatic rings. The molecule has 2 fully saturated rings. The van der Waals surface area contributed by atoms with E-state index in [2.05, 4.69) is 52.1 Å². The predicted molar refractivity (Wildman–Crippen MR) is 148 cm³/mol. The van der Waals surface area contributed by atoms with Gasteiger partial charge in [0.1, 0.15) is 6.10 Å². The minimum atomic E-state index is -3.52. The molecule has 37 heavy (non-hydrogen) atoms. The molecular weight excluding hydrogens is 482 g/mol. The summed E-state index contributed by atoms with van der Waals surface area (Å²) < 4.78 is 33.2. The minimum absolute atomic E-state index is 0.0170. The fourth-order valence-corrected chi connectivity index (χ4v) is 8.90. The Balaban J connectivity index is 1.49. The van der Waals surface area contributed by atoms with Crippen molar-refractivity contribution >= 4 is 15.8 Å². The summed E-state index contributed by atoms with van der Waals surface area (Å²) in [7, 11) is -3.52. The van der Waals surface area contributed by atoms with E-state index in [1.165, 1.54) is 5.56 Å². The standard InChI is InChI=1S/C31H43NO4S/c1-29(2,3)20-25(32-21-23-12-8-6-9-13-23)19-28(33)36-27-18-24-16-17-31(27,30(24,4)5)22-37(34,35)26-14-10-7-11-15-26/h6-15,24-25,27,32H,16-22H2,1-5H3/t24-,25+,27-,31-/m0/s1. The second-order valence-electron chi connectivity index (χ2n) is 12.9. The van der Waals surface area contributed by atoms with Crippen molar-refractivity contribution in [2.45, 2.75) is 90.3 Å². The van der Waals surface area contributed by atoms with Gasteiger partial charge < -0.3 is 10.1 Å². The number of benzene rings is 2. The monoisotopic (exact) mass is 525 g/mol. The maximum absolute atomic E-state index is 13.5. The third-order valence-electron chi connectivity index (χ3n) is 8.89. The van der Waals surface area contributed by atoms with Crippen LogP contribution < -0.4 is 5.32 Å². The molecule has 0 aromatic heterocycles. The van der Waals surface area contributed by atoms with Gasteiger partial charge in [-0.15, -0.1) is 0 Å². The third-order valence-corrected chi connectivity index (χ3v) is 10.8. The van der Waals surface area contributed by atoms with Crippen LogP contribution in [0.15, 0.2) is 65.6 Å². The van der Waals surface area contributed by atoms with Crippen molar-refractivity contribution in [2.75, 3.05) is 5.75 Å². The van der Waals surface area contributed by atoms with Crippen LogP contribution in [0.4, 0.5) is 0 Å². The van der Waals surface area contributed by atoms with E-state index in [1.54, 1.807) is 24.3 Å². The van der Waals surface area contributed by atoms with E-state index in [1.807, 2.05) is 24.3 Å². The van der Waals surface area contributed by atoms with Crippen LogP contribution in [0.1, 0.15) is 72.3 Å². The number of nitrogens with one attached hydrogen (secondary N) is 1. The molecule has 2 aromatic carbocycles. The molecule has 0 aliphatic heterocycles. The van der Waals surface area contributed by atoms with Gasteiger partial charge in [0.25, 0.3) is 0 Å². The van der Waals surface area contributed by atoms with Crippen LogP contribution in [0, 0.1) is 22.2 Å². The van der Waals surface area contributed by atoms with Crippen LogP contribution in [0.2, 0.25) is 0 Å². The van der Waals surface area contributed by atoms with E-state index in [0.717, 1.165) is 25.7 Å². The van der Waals surface area contributed by atoms with E-state index in [0.29, 0.717) is 17.4 Å². The number of carbonyl (C=O) groups is 1. The Kier molecular flexibility index (Phi) is 7.92. The predicted octanol–water partition coefficient (Wildman–Crippen LogP) is 6.18. The van der Waals surface area contributed by atoms with Crippen LogP contribution in [0.5, 0.6) is 0 Å². The highest BCUT2D eigenvalue weighted by Crippen LogP contribution is 2.67. The summed E-state index contributed by atoms with van der Waals surface area (Å²) in [6.45, 7) is 11.6. The van der Waals surface area contributed by atoms with Crippen molar-refractivity contribution < 1.29 is 17.9 Å². The summed E-state index contributed by atoms with van der Waals surface area (Å²) in [5.41, 5.74) is 0.443. The normalized spacial score (nSPS) is 25.6. The molecule has 4 atom stereocenters. The molecule has 6 heteroatoms. The lowest BCUT2D eigenvalue weighted by Crippen LogP contribution is -2.46. The van der Waals surface area contributed by atoms with Gasteiger partial charge in [-0.2, -0.15) is 0 Å². The molecule has 202 valence electrons. The van der Waals surface area contributed by atoms with Gasteiger partial charge in [-0.05, 0) is 60.1 Å². The number of hydrogen-bond donors (Lipinski definition) is 1. The zero-order valence-corrected chi connectivity index (χ0v) is 23.8. The Morgan fingerprint density at radius 3 is 2.27 bits per heavy atom. The van der Waals surface area contributed by atoms with Crippen molar-refractivity contribution in [3.8, 4) is 0 Å². The molecule has 1 N–H and O–H groups in total. The fraction of sp³-hybridized carbons (Fsp3) is 0.581. The van der Waals surface area contributed by atoms with Crippen LogP contribution in [-0.4, -0.2) is 32.3 Å². The Morgan fingerprint density at radius 1 is 1.05 bits per heavy atom. The third kappa shape index (κ3) is 6.12. The quantitative estimate of drug-likeness (QED) is 0.375. The van der Waals surface area contributed by atoms with E-state index >= 15 is 0 Å². The first-order valence-corrected chi connectivity index (χ1v) is 15.2. The highest BCUT2D eigenvalue weighted by Gasteiger charge is 2.66. The van der Waals surface area contributed by atoms with Gasteiger partial charge >= 0.3 is 5.97 Å². The lowest BCUT2D eigenvalue weighted by atomic mass is 9.69.